The van der Waals surface area contributed by atoms with Crippen molar-refractivity contribution < 1.29 is 38.3 Å². The molecule has 0 saturated carbocycles. The number of aryl methyl sites for hydroxylation is 3. The third-order valence-electron chi connectivity index (χ3n) is 12.3. The van der Waals surface area contributed by atoms with Gasteiger partial charge in [-0.25, -0.2) is 4.90 Å². The molecule has 3 aliphatic heterocycles. The zero-order chi connectivity index (χ0) is 51.0. The van der Waals surface area contributed by atoms with E-state index in [1.165, 1.54) is 22.3 Å². The Kier molecular flexibility index (Phi) is 16.6. The lowest BCUT2D eigenvalue weighted by molar-refractivity contribution is -0.155. The smallest absolute Gasteiger partial charge is 0.304 e. The molecule has 3 heterocycles. The molecule has 70 heavy (non-hydrogen) atoms. The van der Waals surface area contributed by atoms with Gasteiger partial charge in [0, 0.05) is 12.8 Å². The Morgan fingerprint density at radius 1 is 0.386 bits per heavy atom. The molecule has 360 valence electrons. The predicted octanol–water partition coefficient (Wildman–Crippen LogP) is 11.8. The number of carbonyl (C=O) groups excluding carboxylic acids is 7. The monoisotopic (exact) mass is 939 g/mol. The topological polar surface area (TPSA) is 138 Å². The van der Waals surface area contributed by atoms with Crippen LogP contribution in [0.3, 0.4) is 0 Å². The minimum Gasteiger partial charge on any atom is -0.441 e. The highest BCUT2D eigenvalue weighted by Gasteiger charge is 2.44. The summed E-state index contributed by atoms with van der Waals surface area (Å²) >= 11 is 0. The Bertz CT molecular complexity index is 2800. The van der Waals surface area contributed by atoms with Gasteiger partial charge in [-0.15, -0.1) is 0 Å². The molecule has 0 saturated heterocycles. The average molecular weight is 940 g/mol. The fraction of sp³-hybridized carbons (Fsp3) is 0.271. The summed E-state index contributed by atoms with van der Waals surface area (Å²) in [6.07, 6.45) is -0.870. The summed E-state index contributed by atoms with van der Waals surface area (Å²) in [7, 11) is 0. The van der Waals surface area contributed by atoms with Gasteiger partial charge in [0.15, 0.2) is 6.23 Å². The molecule has 3 unspecified atom stereocenters. The number of hydrogen-bond acceptors (Lipinski definition) is 8. The van der Waals surface area contributed by atoms with Crippen molar-refractivity contribution in [2.24, 2.45) is 17.8 Å². The molecule has 0 aliphatic carbocycles. The van der Waals surface area contributed by atoms with Gasteiger partial charge in [0.2, 0.25) is 0 Å². The molecule has 3 atom stereocenters. The van der Waals surface area contributed by atoms with Crippen LogP contribution in [-0.4, -0.2) is 62.3 Å². The van der Waals surface area contributed by atoms with Gasteiger partial charge >= 0.3 is 5.97 Å². The first-order valence-corrected chi connectivity index (χ1v) is 23.6. The molecular weight excluding hydrogens is 879 g/mol. The molecule has 6 aromatic rings. The van der Waals surface area contributed by atoms with Crippen LogP contribution in [0.5, 0.6) is 0 Å². The van der Waals surface area contributed by atoms with Crippen LogP contribution in [0.2, 0.25) is 0 Å². The van der Waals surface area contributed by atoms with Gasteiger partial charge in [0.05, 0.1) is 45.5 Å². The lowest BCUT2D eigenvalue weighted by Crippen LogP contribution is -2.45. The number of esters is 1. The van der Waals surface area contributed by atoms with Crippen molar-refractivity contribution in [1.82, 2.24) is 14.7 Å². The number of nitrogens with zero attached hydrogens (tertiary/aromatic N) is 3. The number of amides is 6. The van der Waals surface area contributed by atoms with Crippen LogP contribution in [0.4, 0.5) is 0 Å². The maximum atomic E-state index is 12.7. The molecule has 0 bridgehead atoms. The summed E-state index contributed by atoms with van der Waals surface area (Å²) in [6.45, 7) is 19.1. The second-order valence-corrected chi connectivity index (χ2v) is 18.6. The molecule has 6 amide bonds. The molecule has 3 aliphatic rings. The van der Waals surface area contributed by atoms with Crippen molar-refractivity contribution in [1.29, 1.82) is 0 Å². The highest BCUT2D eigenvalue weighted by atomic mass is 16.6. The van der Waals surface area contributed by atoms with Crippen LogP contribution in [0.25, 0.3) is 0 Å². The fourth-order valence-corrected chi connectivity index (χ4v) is 8.86. The molecule has 0 N–H and O–H groups in total. The number of ether oxygens (including phenoxy) is 1. The lowest BCUT2D eigenvalue weighted by Gasteiger charge is -2.31. The van der Waals surface area contributed by atoms with Crippen LogP contribution >= 0.6 is 0 Å². The van der Waals surface area contributed by atoms with Gasteiger partial charge in [-0.05, 0) is 85.7 Å². The van der Waals surface area contributed by atoms with Crippen LogP contribution in [0, 0.1) is 38.5 Å². The summed E-state index contributed by atoms with van der Waals surface area (Å²) in [5, 5.41) is 0. The molecule has 0 spiro atoms. The van der Waals surface area contributed by atoms with Crippen molar-refractivity contribution >= 4 is 41.4 Å². The Morgan fingerprint density at radius 3 is 1.04 bits per heavy atom. The quantitative estimate of drug-likeness (QED) is 0.103. The Balaban J connectivity index is 0.000000161. The van der Waals surface area contributed by atoms with Crippen molar-refractivity contribution in [2.75, 3.05) is 0 Å². The SMILES string of the molecule is CC(=O)OC(C(C)C)N1C(=O)c2ccccc2C1=O.Cc1ccc(C(C(C)C)N2C(=O)c3ccccc3C2=O)cc1.Cc1ccccc1.Cc1ccccc1C(C(C)C)N1C(=O)c2ccccc2C1=O. The summed E-state index contributed by atoms with van der Waals surface area (Å²) < 4.78 is 5.11. The van der Waals surface area contributed by atoms with E-state index >= 15 is 0 Å². The third kappa shape index (κ3) is 11.1. The lowest BCUT2D eigenvalue weighted by atomic mass is 9.91. The van der Waals surface area contributed by atoms with Crippen molar-refractivity contribution in [3.63, 3.8) is 0 Å². The van der Waals surface area contributed by atoms with E-state index in [4.69, 9.17) is 4.74 Å². The number of rotatable bonds is 9. The normalized spacial score (nSPS) is 14.8. The van der Waals surface area contributed by atoms with E-state index < -0.39 is 24.0 Å². The first kappa shape index (κ1) is 51.6. The fourth-order valence-electron chi connectivity index (χ4n) is 8.86. The Morgan fingerprint density at radius 2 is 0.714 bits per heavy atom. The molecule has 11 heteroatoms. The molecular formula is C59H61N3O8. The maximum Gasteiger partial charge on any atom is 0.304 e. The minimum absolute atomic E-state index is 0.142. The second-order valence-electron chi connectivity index (χ2n) is 18.6. The minimum atomic E-state index is -0.870. The summed E-state index contributed by atoms with van der Waals surface area (Å²) in [6, 6.07) is 46.4. The molecule has 0 aromatic heterocycles. The molecule has 9 rings (SSSR count). The molecule has 6 aromatic carbocycles. The highest BCUT2D eigenvalue weighted by molar-refractivity contribution is 6.23. The zero-order valence-corrected chi connectivity index (χ0v) is 41.5. The van der Waals surface area contributed by atoms with E-state index in [1.807, 2.05) is 108 Å². The van der Waals surface area contributed by atoms with Gasteiger partial charge in [-0.1, -0.05) is 168 Å². The third-order valence-corrected chi connectivity index (χ3v) is 12.3. The van der Waals surface area contributed by atoms with Crippen LogP contribution in [-0.2, 0) is 9.53 Å². The van der Waals surface area contributed by atoms with Crippen LogP contribution in [0.15, 0.2) is 152 Å². The van der Waals surface area contributed by atoms with Gasteiger partial charge in [0.1, 0.15) is 0 Å². The second kappa shape index (κ2) is 22.5. The average Bonchev–Trinajstić information content (AvgIpc) is 3.85. The van der Waals surface area contributed by atoms with E-state index in [1.54, 1.807) is 86.6 Å². The van der Waals surface area contributed by atoms with Gasteiger partial charge in [0.25, 0.3) is 35.4 Å². The van der Waals surface area contributed by atoms with E-state index in [9.17, 15) is 33.6 Å². The summed E-state index contributed by atoms with van der Waals surface area (Å²) in [4.78, 5) is 90.4. The van der Waals surface area contributed by atoms with Gasteiger partial charge in [-0.3, -0.25) is 43.4 Å². The zero-order valence-electron chi connectivity index (χ0n) is 41.5. The molecule has 0 fully saturated rings. The van der Waals surface area contributed by atoms with Crippen LogP contribution < -0.4 is 0 Å². The number of fused-ring (bicyclic) bond motifs is 3. The summed E-state index contributed by atoms with van der Waals surface area (Å²) in [5.41, 5.74) is 8.33. The number of imide groups is 3. The van der Waals surface area contributed by atoms with E-state index in [0.29, 0.717) is 33.4 Å². The largest absolute Gasteiger partial charge is 0.441 e. The molecule has 0 radical (unpaired) electrons. The standard InChI is InChI=1S/2C19H19NO2.C14H15NO4.C7H8/c1-12(2)17(14-9-5-4-8-13(14)3)20-18(21)15-10-6-7-11-16(15)19(20)22;1-12(2)17(14-10-8-13(3)9-11-14)20-18(21)15-6-4-5-7-16(15)19(20)22;1-8(2)14(19-9(3)16)15-12(17)10-6-4-5-7-11(10)13(15)18;1-7-5-3-2-4-6-7/h2*4-12,17H,1-3H3;4-8,14H,1-3H3;2-6H,1H3. The molecule has 11 nitrogen and oxygen atoms in total. The summed E-state index contributed by atoms with van der Waals surface area (Å²) in [5.74, 6) is -2.01. The van der Waals surface area contributed by atoms with E-state index in [0.717, 1.165) is 27.2 Å². The highest BCUT2D eigenvalue weighted by Crippen LogP contribution is 2.38. The van der Waals surface area contributed by atoms with Crippen molar-refractivity contribution in [3.05, 3.63) is 213 Å². The first-order chi connectivity index (χ1) is 33.3. The van der Waals surface area contributed by atoms with Gasteiger partial charge < -0.3 is 4.74 Å². The first-order valence-electron chi connectivity index (χ1n) is 23.6. The number of benzene rings is 6. The number of carbonyl (C=O) groups is 7. The van der Waals surface area contributed by atoms with Crippen LogP contribution in [0.1, 0.15) is 151 Å². The van der Waals surface area contributed by atoms with Crippen molar-refractivity contribution in [2.45, 2.75) is 87.5 Å². The Hall–Kier alpha value is -7.79. The maximum absolute atomic E-state index is 12.7. The predicted molar refractivity (Wildman–Crippen MR) is 270 cm³/mol. The van der Waals surface area contributed by atoms with E-state index in [-0.39, 0.29) is 53.5 Å². The van der Waals surface area contributed by atoms with Gasteiger partial charge in [-0.2, -0.15) is 0 Å². The number of hydrogen-bond donors (Lipinski definition) is 0. The van der Waals surface area contributed by atoms with E-state index in [2.05, 4.69) is 19.1 Å². The Labute approximate surface area is 411 Å². The van der Waals surface area contributed by atoms with Crippen molar-refractivity contribution in [3.8, 4) is 0 Å².